The van der Waals surface area contributed by atoms with E-state index in [0.29, 0.717) is 42.5 Å². The van der Waals surface area contributed by atoms with Gasteiger partial charge in [-0.1, -0.05) is 98.8 Å². The highest BCUT2D eigenvalue weighted by molar-refractivity contribution is 5.99. The van der Waals surface area contributed by atoms with Crippen molar-refractivity contribution in [1.29, 1.82) is 5.41 Å². The van der Waals surface area contributed by atoms with Gasteiger partial charge >= 0.3 is 5.97 Å². The number of aromatic nitrogens is 3. The van der Waals surface area contributed by atoms with Gasteiger partial charge in [0.1, 0.15) is 48.3 Å². The molecule has 8 rings (SSSR count). The van der Waals surface area contributed by atoms with E-state index in [-0.39, 0.29) is 82.8 Å². The van der Waals surface area contributed by atoms with E-state index in [1.54, 1.807) is 62.8 Å². The molecule has 4 aromatic carbocycles. The number of aliphatic hydroxyl groups excluding tert-OH is 1. The predicted octanol–water partition coefficient (Wildman–Crippen LogP) is 1.63. The molecule has 0 spiro atoms. The number of guanidine groups is 1. The lowest BCUT2D eigenvalue weighted by molar-refractivity contribution is -0.143. The highest BCUT2D eigenvalue weighted by Crippen LogP contribution is 2.25. The molecule has 0 unspecified atom stereocenters. The standard InChI is InChI=1S/C68H88N16O11/c1-39(2)30-53(61(88)80-54(31-40-16-4-3-5-17-40)62(89)83-57(38-85)67(94)95)79-60(87)51(25-14-28-73-68(71)72)77-63(90)55(33-42-36-75-49-22-10-7-19-45(42)49)81-64(91)56(34-43-37-76-50-23-11-8-20-46(43)50)82-65(92)58-26-15-29-84(58)66(93)52(24-12-13-27-69)78-59(86)47(70)32-41-35-74-48-21-9-6-18-44(41)48/h3-11,16-23,35-37,39,47,51-58,74-76,85H,12-15,24-34,38,69-70H2,1-2H3,(H,77,90)(H,78,86)(H,79,87)(H,80,88)(H,81,91)(H,82,92)(H,83,89)(H,94,95)(H4,71,72,73)/t47-,51-,52-,53-,54-,55-,56-,57-,58-/m0/s1. The molecule has 0 saturated carbocycles. The summed E-state index contributed by atoms with van der Waals surface area (Å²) in [5, 5.41) is 51.5. The molecule has 4 heterocycles. The van der Waals surface area contributed by atoms with Crippen molar-refractivity contribution in [2.45, 2.75) is 145 Å². The van der Waals surface area contributed by atoms with E-state index in [2.05, 4.69) is 57.5 Å². The molecular formula is C68H88N16O11. The van der Waals surface area contributed by atoms with Crippen molar-refractivity contribution in [3.63, 3.8) is 0 Å². The maximum absolute atomic E-state index is 15.4. The van der Waals surface area contributed by atoms with Crippen LogP contribution >= 0.6 is 0 Å². The number of benzene rings is 4. The van der Waals surface area contributed by atoms with Gasteiger partial charge in [-0.3, -0.25) is 43.8 Å². The number of H-pyrrole nitrogens is 3. The third kappa shape index (κ3) is 19.5. The number of nitrogens with one attached hydrogen (secondary N) is 12. The number of carbonyl (C=O) groups is 9. The van der Waals surface area contributed by atoms with Crippen LogP contribution in [0.25, 0.3) is 32.7 Å². The molecule has 1 fully saturated rings. The van der Waals surface area contributed by atoms with Gasteiger partial charge in [-0.05, 0) is 111 Å². The molecule has 27 nitrogen and oxygen atoms in total. The summed E-state index contributed by atoms with van der Waals surface area (Å²) in [4.78, 5) is 140. The smallest absolute Gasteiger partial charge is 0.328 e. The zero-order chi connectivity index (χ0) is 68.1. The molecule has 1 saturated heterocycles. The molecular weight excluding hydrogens is 1220 g/mol. The van der Waals surface area contributed by atoms with Gasteiger partial charge in [-0.2, -0.15) is 0 Å². The van der Waals surface area contributed by atoms with Crippen LogP contribution in [0.2, 0.25) is 0 Å². The van der Waals surface area contributed by atoms with Gasteiger partial charge < -0.3 is 89.8 Å². The van der Waals surface area contributed by atoms with Gasteiger partial charge in [0.15, 0.2) is 5.96 Å². The Kier molecular flexibility index (Phi) is 25.4. The second-order valence-corrected chi connectivity index (χ2v) is 24.5. The molecule has 1 aliphatic heterocycles. The molecule has 3 aromatic heterocycles. The first kappa shape index (κ1) is 70.7. The largest absolute Gasteiger partial charge is 0.480 e. The number of hydrogen-bond acceptors (Lipinski definition) is 13. The van der Waals surface area contributed by atoms with Crippen LogP contribution in [-0.2, 0) is 68.8 Å². The first-order chi connectivity index (χ1) is 45.7. The highest BCUT2D eigenvalue weighted by atomic mass is 16.4. The average molecular weight is 1310 g/mol. The van der Waals surface area contributed by atoms with Crippen molar-refractivity contribution in [2.24, 2.45) is 23.1 Å². The number of likely N-dealkylation sites (tertiary alicyclic amines) is 1. The Balaban J connectivity index is 1.06. The van der Waals surface area contributed by atoms with Crippen LogP contribution in [0.1, 0.15) is 87.5 Å². The van der Waals surface area contributed by atoms with Crippen molar-refractivity contribution in [2.75, 3.05) is 26.2 Å². The maximum Gasteiger partial charge on any atom is 0.328 e. The molecule has 506 valence electrons. The van der Waals surface area contributed by atoms with Gasteiger partial charge in [0, 0.05) is 83.7 Å². The van der Waals surface area contributed by atoms with E-state index in [9.17, 15) is 43.8 Å². The number of nitrogens with zero attached hydrogens (tertiary/aromatic N) is 1. The normalized spacial score (nSPS) is 15.6. The van der Waals surface area contributed by atoms with Crippen molar-refractivity contribution < 1.29 is 53.4 Å². The van der Waals surface area contributed by atoms with Gasteiger partial charge in [-0.25, -0.2) is 4.79 Å². The van der Waals surface area contributed by atoms with E-state index in [0.717, 1.165) is 38.3 Å². The second kappa shape index (κ2) is 34.2. The number of rotatable bonds is 35. The lowest BCUT2D eigenvalue weighted by atomic mass is 9.99. The van der Waals surface area contributed by atoms with Crippen molar-refractivity contribution >= 4 is 91.9 Å². The fraction of sp³-hybridized carbons (Fsp3) is 0.412. The number of nitrogens with two attached hydrogens (primary N) is 3. The van der Waals surface area contributed by atoms with E-state index < -0.39 is 114 Å². The fourth-order valence-electron chi connectivity index (χ4n) is 12.0. The SMILES string of the molecule is CC(C)C[C@H](NC(=O)[C@H](CCCNC(=N)N)NC(=O)[C@H](Cc1c[nH]c2ccccc12)NC(=O)[C@H](Cc1c[nH]c2ccccc12)NC(=O)[C@@H]1CCCN1C(=O)[C@H](CCCCN)NC(=O)[C@@H](N)Cc1c[nH]c2ccccc12)C(=O)N[C@@H](Cc1ccccc1)C(=O)N[C@@H](CO)C(=O)O. The topological polar surface area (TPSA) is 443 Å². The number of hydrogen-bond donors (Lipinski definition) is 17. The summed E-state index contributed by atoms with van der Waals surface area (Å²) in [7, 11) is 0. The Hall–Kier alpha value is -10.1. The zero-order valence-corrected chi connectivity index (χ0v) is 53.4. The number of carbonyl (C=O) groups excluding carboxylic acids is 8. The molecule has 0 aliphatic carbocycles. The monoisotopic (exact) mass is 1300 g/mol. The predicted molar refractivity (Wildman–Crippen MR) is 359 cm³/mol. The first-order valence-electron chi connectivity index (χ1n) is 32.2. The number of carboxylic acids is 1. The molecule has 7 aromatic rings. The number of aromatic amines is 3. The lowest BCUT2D eigenvalue weighted by Gasteiger charge is -2.31. The molecule has 20 N–H and O–H groups in total. The number of amides is 8. The average Bonchev–Trinajstić information content (AvgIpc) is 1.82. The summed E-state index contributed by atoms with van der Waals surface area (Å²) >= 11 is 0. The van der Waals surface area contributed by atoms with Crippen LogP contribution in [0.5, 0.6) is 0 Å². The molecule has 9 atom stereocenters. The minimum Gasteiger partial charge on any atom is -0.480 e. The summed E-state index contributed by atoms with van der Waals surface area (Å²) in [6, 6.07) is 19.1. The quantitative estimate of drug-likeness (QED) is 0.0153. The Labute approximate surface area is 549 Å². The maximum atomic E-state index is 15.4. The summed E-state index contributed by atoms with van der Waals surface area (Å²) in [6.45, 7) is 3.27. The number of unbranched alkanes of at least 4 members (excludes halogenated alkanes) is 1. The summed E-state index contributed by atoms with van der Waals surface area (Å²) in [5.74, 6) is -7.99. The van der Waals surface area contributed by atoms with Crippen molar-refractivity contribution in [3.8, 4) is 0 Å². The Morgan fingerprint density at radius 2 is 1.01 bits per heavy atom. The van der Waals surface area contributed by atoms with Crippen LogP contribution in [0.15, 0.2) is 122 Å². The molecule has 27 heteroatoms. The van der Waals surface area contributed by atoms with E-state index in [1.165, 1.54) is 4.90 Å². The van der Waals surface area contributed by atoms with Gasteiger partial charge in [0.2, 0.25) is 47.3 Å². The number of carboxylic acid groups (broad SMARTS) is 1. The first-order valence-corrected chi connectivity index (χ1v) is 32.2. The van der Waals surface area contributed by atoms with E-state index in [4.69, 9.17) is 22.6 Å². The van der Waals surface area contributed by atoms with Crippen LogP contribution in [0.4, 0.5) is 0 Å². The highest BCUT2D eigenvalue weighted by Gasteiger charge is 2.41. The van der Waals surface area contributed by atoms with E-state index >= 15 is 9.59 Å². The summed E-state index contributed by atoms with van der Waals surface area (Å²) in [6.07, 6.45) is 7.04. The molecule has 0 bridgehead atoms. The van der Waals surface area contributed by atoms with Crippen LogP contribution in [0, 0.1) is 11.3 Å². The van der Waals surface area contributed by atoms with Crippen LogP contribution in [0.3, 0.4) is 0 Å². The minimum absolute atomic E-state index is 0.0293. The number of fused-ring (bicyclic) bond motifs is 3. The number of aliphatic hydroxyl groups is 1. The van der Waals surface area contributed by atoms with Gasteiger partial charge in [0.25, 0.3) is 0 Å². The molecule has 1 aliphatic rings. The lowest BCUT2D eigenvalue weighted by Crippen LogP contribution is -2.61. The fourth-order valence-corrected chi connectivity index (χ4v) is 12.0. The Morgan fingerprint density at radius 3 is 1.54 bits per heavy atom. The second-order valence-electron chi connectivity index (χ2n) is 24.5. The van der Waals surface area contributed by atoms with Crippen molar-refractivity contribution in [1.82, 2.24) is 62.4 Å². The molecule has 95 heavy (non-hydrogen) atoms. The van der Waals surface area contributed by atoms with Crippen molar-refractivity contribution in [3.05, 3.63) is 144 Å². The Morgan fingerprint density at radius 1 is 0.558 bits per heavy atom. The number of para-hydroxylation sites is 3. The third-order valence-corrected chi connectivity index (χ3v) is 17.0. The minimum atomic E-state index is -1.69. The van der Waals surface area contributed by atoms with Crippen LogP contribution in [-0.4, -0.2) is 170 Å². The van der Waals surface area contributed by atoms with E-state index in [1.807, 2.05) is 72.8 Å². The Bertz CT molecular complexity index is 3810. The van der Waals surface area contributed by atoms with Gasteiger partial charge in [0.05, 0.1) is 12.6 Å². The zero-order valence-electron chi connectivity index (χ0n) is 53.4. The summed E-state index contributed by atoms with van der Waals surface area (Å²) < 4.78 is 0. The third-order valence-electron chi connectivity index (χ3n) is 17.0. The van der Waals surface area contributed by atoms with Gasteiger partial charge in [-0.15, -0.1) is 0 Å². The number of aliphatic carboxylic acids is 1. The molecule has 8 amide bonds. The van der Waals surface area contributed by atoms with Crippen LogP contribution < -0.4 is 59.7 Å². The summed E-state index contributed by atoms with van der Waals surface area (Å²) in [5.41, 5.74) is 23.0. The molecule has 0 radical (unpaired) electrons.